The Hall–Kier alpha value is -2.33. The molecule has 2 atom stereocenters. The molecule has 22 heavy (non-hydrogen) atoms. The Labute approximate surface area is 129 Å². The van der Waals surface area contributed by atoms with Gasteiger partial charge in [0.05, 0.1) is 12.1 Å². The fourth-order valence-corrected chi connectivity index (χ4v) is 2.76. The fourth-order valence-electron chi connectivity index (χ4n) is 2.76. The minimum Gasteiger partial charge on any atom is -0.445 e. The number of aliphatic hydroxyl groups excluding tert-OH is 1. The van der Waals surface area contributed by atoms with Gasteiger partial charge in [0.1, 0.15) is 6.61 Å². The third kappa shape index (κ3) is 3.46. The first-order valence-electron chi connectivity index (χ1n) is 7.44. The molecule has 4 heteroatoms. The van der Waals surface area contributed by atoms with Gasteiger partial charge in [-0.1, -0.05) is 54.6 Å². The first-order valence-corrected chi connectivity index (χ1v) is 7.44. The van der Waals surface area contributed by atoms with Crippen molar-refractivity contribution in [1.82, 2.24) is 5.32 Å². The van der Waals surface area contributed by atoms with Crippen LogP contribution in [-0.4, -0.2) is 23.3 Å². The molecule has 4 nitrogen and oxygen atoms in total. The van der Waals surface area contributed by atoms with Gasteiger partial charge < -0.3 is 15.2 Å². The third-order valence-electron chi connectivity index (χ3n) is 3.97. The van der Waals surface area contributed by atoms with Gasteiger partial charge in [0, 0.05) is 6.42 Å². The zero-order chi connectivity index (χ0) is 15.4. The molecule has 2 aromatic rings. The molecule has 0 radical (unpaired) electrons. The minimum absolute atomic E-state index is 0.228. The van der Waals surface area contributed by atoms with Crippen LogP contribution in [0.2, 0.25) is 0 Å². The molecule has 0 aliphatic heterocycles. The second kappa shape index (κ2) is 6.62. The first kappa shape index (κ1) is 14.6. The van der Waals surface area contributed by atoms with Crippen molar-refractivity contribution in [3.8, 4) is 0 Å². The molecular formula is C18H19NO3. The van der Waals surface area contributed by atoms with Crippen LogP contribution in [0.3, 0.4) is 0 Å². The molecule has 0 fully saturated rings. The molecule has 2 N–H and O–H groups in total. The van der Waals surface area contributed by atoms with Gasteiger partial charge in [-0.05, 0) is 23.1 Å². The second-order valence-corrected chi connectivity index (χ2v) is 5.56. The van der Waals surface area contributed by atoms with E-state index in [0.717, 1.165) is 11.1 Å². The number of fused-ring (bicyclic) bond motifs is 1. The molecule has 2 aromatic carbocycles. The number of aliphatic hydroxyl groups is 1. The van der Waals surface area contributed by atoms with Crippen LogP contribution in [0.5, 0.6) is 0 Å². The fraction of sp³-hybridized carbons (Fsp3) is 0.278. The van der Waals surface area contributed by atoms with Gasteiger partial charge in [0.15, 0.2) is 0 Å². The standard InChI is InChI=1S/C18H19NO3/c20-17-11-15-9-5-4-8-14(15)10-16(17)19-18(21)22-12-13-6-2-1-3-7-13/h1-9,16-17,20H,10-12H2,(H,19,21). The van der Waals surface area contributed by atoms with E-state index in [1.165, 1.54) is 5.56 Å². The van der Waals surface area contributed by atoms with Crippen molar-refractivity contribution >= 4 is 6.09 Å². The number of carbonyl (C=O) groups excluding carboxylic acids is 1. The highest BCUT2D eigenvalue weighted by Gasteiger charge is 2.28. The van der Waals surface area contributed by atoms with E-state index >= 15 is 0 Å². The van der Waals surface area contributed by atoms with Gasteiger partial charge in [-0.15, -0.1) is 0 Å². The highest BCUT2D eigenvalue weighted by atomic mass is 16.5. The van der Waals surface area contributed by atoms with Gasteiger partial charge >= 0.3 is 6.09 Å². The Balaban J connectivity index is 1.55. The lowest BCUT2D eigenvalue weighted by Crippen LogP contribution is -2.48. The van der Waals surface area contributed by atoms with Crippen molar-refractivity contribution < 1.29 is 14.6 Å². The van der Waals surface area contributed by atoms with E-state index in [0.29, 0.717) is 12.8 Å². The van der Waals surface area contributed by atoms with Crippen molar-refractivity contribution in [2.24, 2.45) is 0 Å². The number of ether oxygens (including phenoxy) is 1. The summed E-state index contributed by atoms with van der Waals surface area (Å²) in [6.45, 7) is 0.228. The number of hydrogen-bond acceptors (Lipinski definition) is 3. The molecule has 3 rings (SSSR count). The molecule has 1 aliphatic rings. The van der Waals surface area contributed by atoms with Crippen molar-refractivity contribution in [3.63, 3.8) is 0 Å². The summed E-state index contributed by atoms with van der Waals surface area (Å²) in [7, 11) is 0. The van der Waals surface area contributed by atoms with E-state index in [1.807, 2.05) is 54.6 Å². The summed E-state index contributed by atoms with van der Waals surface area (Å²) in [6.07, 6.45) is 0.101. The van der Waals surface area contributed by atoms with E-state index in [1.54, 1.807) is 0 Å². The molecule has 0 bridgehead atoms. The summed E-state index contributed by atoms with van der Waals surface area (Å²) in [5.41, 5.74) is 3.25. The maximum atomic E-state index is 11.9. The lowest BCUT2D eigenvalue weighted by molar-refractivity contribution is 0.0970. The smallest absolute Gasteiger partial charge is 0.407 e. The normalized spacial score (nSPS) is 20.0. The van der Waals surface area contributed by atoms with E-state index in [2.05, 4.69) is 5.32 Å². The van der Waals surface area contributed by atoms with Crippen LogP contribution in [0.4, 0.5) is 4.79 Å². The van der Waals surface area contributed by atoms with E-state index in [-0.39, 0.29) is 12.6 Å². The largest absolute Gasteiger partial charge is 0.445 e. The molecule has 0 heterocycles. The van der Waals surface area contributed by atoms with Gasteiger partial charge in [-0.2, -0.15) is 0 Å². The number of alkyl carbamates (subject to hydrolysis) is 1. The summed E-state index contributed by atoms with van der Waals surface area (Å²) in [4.78, 5) is 11.9. The Kier molecular flexibility index (Phi) is 4.39. The number of hydrogen-bond donors (Lipinski definition) is 2. The van der Waals surface area contributed by atoms with Crippen LogP contribution < -0.4 is 5.32 Å². The Morgan fingerprint density at radius 2 is 1.68 bits per heavy atom. The van der Waals surface area contributed by atoms with Crippen molar-refractivity contribution in [3.05, 3.63) is 71.3 Å². The average molecular weight is 297 g/mol. The zero-order valence-electron chi connectivity index (χ0n) is 12.2. The molecule has 114 valence electrons. The third-order valence-corrected chi connectivity index (χ3v) is 3.97. The van der Waals surface area contributed by atoms with Crippen molar-refractivity contribution in [1.29, 1.82) is 0 Å². The van der Waals surface area contributed by atoms with E-state index in [4.69, 9.17) is 4.74 Å². The molecular weight excluding hydrogens is 278 g/mol. The molecule has 0 spiro atoms. The molecule has 0 saturated carbocycles. The van der Waals surface area contributed by atoms with Crippen molar-refractivity contribution in [2.75, 3.05) is 0 Å². The number of benzene rings is 2. The van der Waals surface area contributed by atoms with Gasteiger partial charge in [-0.25, -0.2) is 4.79 Å². The maximum Gasteiger partial charge on any atom is 0.407 e. The van der Waals surface area contributed by atoms with Crippen LogP contribution in [0.25, 0.3) is 0 Å². The van der Waals surface area contributed by atoms with Crippen LogP contribution in [0.1, 0.15) is 16.7 Å². The zero-order valence-corrected chi connectivity index (χ0v) is 12.2. The molecule has 2 unspecified atom stereocenters. The Morgan fingerprint density at radius 1 is 1.05 bits per heavy atom. The molecule has 0 aromatic heterocycles. The highest BCUT2D eigenvalue weighted by Crippen LogP contribution is 2.21. The monoisotopic (exact) mass is 297 g/mol. The maximum absolute atomic E-state index is 11.9. The van der Waals surface area contributed by atoms with Gasteiger partial charge in [-0.3, -0.25) is 0 Å². The molecule has 1 amide bonds. The lowest BCUT2D eigenvalue weighted by atomic mass is 9.86. The summed E-state index contributed by atoms with van der Waals surface area (Å²) < 4.78 is 5.21. The topological polar surface area (TPSA) is 58.6 Å². The number of carbonyl (C=O) groups is 1. The van der Waals surface area contributed by atoms with E-state index in [9.17, 15) is 9.90 Å². The quantitative estimate of drug-likeness (QED) is 0.915. The van der Waals surface area contributed by atoms with Crippen LogP contribution in [0.15, 0.2) is 54.6 Å². The summed E-state index contributed by atoms with van der Waals surface area (Å²) in [5.74, 6) is 0. The van der Waals surface area contributed by atoms with Gasteiger partial charge in [0.25, 0.3) is 0 Å². The Morgan fingerprint density at radius 3 is 2.41 bits per heavy atom. The second-order valence-electron chi connectivity index (χ2n) is 5.56. The number of amides is 1. The molecule has 1 aliphatic carbocycles. The lowest BCUT2D eigenvalue weighted by Gasteiger charge is -2.30. The van der Waals surface area contributed by atoms with Crippen LogP contribution in [0, 0.1) is 0 Å². The SMILES string of the molecule is O=C(NC1Cc2ccccc2CC1O)OCc1ccccc1. The first-order chi connectivity index (χ1) is 10.7. The van der Waals surface area contributed by atoms with Gasteiger partial charge in [0.2, 0.25) is 0 Å². The highest BCUT2D eigenvalue weighted by molar-refractivity contribution is 5.68. The minimum atomic E-state index is -0.584. The Bertz CT molecular complexity index is 642. The predicted molar refractivity (Wildman–Crippen MR) is 83.4 cm³/mol. The molecule has 0 saturated heterocycles. The number of nitrogens with one attached hydrogen (secondary N) is 1. The van der Waals surface area contributed by atoms with Crippen LogP contribution in [-0.2, 0) is 24.2 Å². The van der Waals surface area contributed by atoms with Crippen molar-refractivity contribution in [2.45, 2.75) is 31.6 Å². The summed E-state index contributed by atoms with van der Waals surface area (Å²) >= 11 is 0. The number of rotatable bonds is 3. The summed E-state index contributed by atoms with van der Waals surface area (Å²) in [6, 6.07) is 17.2. The van der Waals surface area contributed by atoms with E-state index < -0.39 is 12.2 Å². The summed E-state index contributed by atoms with van der Waals surface area (Å²) in [5, 5.41) is 12.9. The average Bonchev–Trinajstić information content (AvgIpc) is 2.55. The predicted octanol–water partition coefficient (Wildman–Crippen LogP) is 2.44. The van der Waals surface area contributed by atoms with Crippen LogP contribution >= 0.6 is 0 Å².